The zero-order valence-electron chi connectivity index (χ0n) is 8.96. The number of imide groups is 1. The lowest BCUT2D eigenvalue weighted by atomic mass is 10.2. The van der Waals surface area contributed by atoms with Crippen LogP contribution in [-0.2, 0) is 4.79 Å². The maximum Gasteiger partial charge on any atom is 0.318 e. The molecule has 0 saturated carbocycles. The third kappa shape index (κ3) is 3.92. The van der Waals surface area contributed by atoms with Crippen LogP contribution in [0.3, 0.4) is 0 Å². The first kappa shape index (κ1) is 13.2. The van der Waals surface area contributed by atoms with Gasteiger partial charge in [-0.15, -0.1) is 0 Å². The summed E-state index contributed by atoms with van der Waals surface area (Å²) in [7, 11) is 0. The third-order valence-electron chi connectivity index (χ3n) is 1.94. The molecular weight excluding hydrogens is 249 g/mol. The van der Waals surface area contributed by atoms with Crippen molar-refractivity contribution in [2.24, 2.45) is 5.73 Å². The van der Waals surface area contributed by atoms with Gasteiger partial charge in [0.05, 0.1) is 5.02 Å². The van der Waals surface area contributed by atoms with Gasteiger partial charge in [-0.3, -0.25) is 10.1 Å². The third-order valence-corrected chi connectivity index (χ3v) is 2.25. The molecule has 0 saturated heterocycles. The number of halogens is 2. The summed E-state index contributed by atoms with van der Waals surface area (Å²) >= 11 is 5.51. The zero-order chi connectivity index (χ0) is 13.0. The van der Waals surface area contributed by atoms with E-state index in [2.05, 4.69) is 5.32 Å². The van der Waals surface area contributed by atoms with Gasteiger partial charge in [0, 0.05) is 5.69 Å². The van der Waals surface area contributed by atoms with E-state index in [4.69, 9.17) is 17.3 Å². The van der Waals surface area contributed by atoms with Gasteiger partial charge in [-0.05, 0) is 25.1 Å². The van der Waals surface area contributed by atoms with Crippen molar-refractivity contribution in [1.29, 1.82) is 0 Å². The SMILES string of the molecule is CC(Nc1ccc(Cl)c(F)c1)C(=O)NC(N)=O. The number of hydrogen-bond donors (Lipinski definition) is 3. The molecule has 1 atom stereocenters. The van der Waals surface area contributed by atoms with Gasteiger partial charge in [-0.25, -0.2) is 9.18 Å². The summed E-state index contributed by atoms with van der Waals surface area (Å²) in [5.41, 5.74) is 5.17. The average molecular weight is 260 g/mol. The van der Waals surface area contributed by atoms with Crippen LogP contribution in [0.15, 0.2) is 18.2 Å². The lowest BCUT2D eigenvalue weighted by Crippen LogP contribution is -2.43. The molecule has 3 amide bonds. The molecule has 0 spiro atoms. The van der Waals surface area contributed by atoms with Gasteiger partial charge in [0.25, 0.3) is 0 Å². The van der Waals surface area contributed by atoms with Crippen molar-refractivity contribution in [3.05, 3.63) is 29.0 Å². The first-order valence-corrected chi connectivity index (χ1v) is 5.10. The molecule has 1 aromatic rings. The quantitative estimate of drug-likeness (QED) is 0.769. The second-order valence-corrected chi connectivity index (χ2v) is 3.76. The predicted molar refractivity (Wildman–Crippen MR) is 62.2 cm³/mol. The molecule has 0 bridgehead atoms. The molecule has 0 aliphatic heterocycles. The average Bonchev–Trinajstić information content (AvgIpc) is 2.22. The lowest BCUT2D eigenvalue weighted by molar-refractivity contribution is -0.120. The van der Waals surface area contributed by atoms with Crippen LogP contribution >= 0.6 is 11.6 Å². The van der Waals surface area contributed by atoms with Crippen molar-refractivity contribution in [2.45, 2.75) is 13.0 Å². The number of nitrogens with two attached hydrogens (primary N) is 1. The maximum absolute atomic E-state index is 13.1. The molecule has 1 unspecified atom stereocenters. The van der Waals surface area contributed by atoms with Crippen molar-refractivity contribution in [1.82, 2.24) is 5.32 Å². The standard InChI is InChI=1S/C10H11ClFN3O2/c1-5(9(16)15-10(13)17)14-6-2-3-7(11)8(12)4-6/h2-5,14H,1H3,(H3,13,15,16,17). The summed E-state index contributed by atoms with van der Waals surface area (Å²) in [5, 5.41) is 4.59. The number of carbonyl (C=O) groups is 2. The predicted octanol–water partition coefficient (Wildman–Crippen LogP) is 1.47. The number of benzene rings is 1. The second kappa shape index (κ2) is 5.49. The number of carbonyl (C=O) groups excluding carboxylic acids is 2. The topological polar surface area (TPSA) is 84.2 Å². The number of amides is 3. The van der Waals surface area contributed by atoms with Gasteiger partial charge in [0.15, 0.2) is 0 Å². The fourth-order valence-corrected chi connectivity index (χ4v) is 1.25. The van der Waals surface area contributed by atoms with E-state index in [-0.39, 0.29) is 5.02 Å². The van der Waals surface area contributed by atoms with Crippen LogP contribution in [0.25, 0.3) is 0 Å². The van der Waals surface area contributed by atoms with Crippen LogP contribution < -0.4 is 16.4 Å². The highest BCUT2D eigenvalue weighted by atomic mass is 35.5. The number of hydrogen-bond acceptors (Lipinski definition) is 3. The first-order chi connectivity index (χ1) is 7.90. The minimum atomic E-state index is -0.939. The molecule has 0 aliphatic carbocycles. The monoisotopic (exact) mass is 259 g/mol. The Bertz CT molecular complexity index is 453. The highest BCUT2D eigenvalue weighted by Crippen LogP contribution is 2.19. The van der Waals surface area contributed by atoms with Crippen molar-refractivity contribution in [3.63, 3.8) is 0 Å². The molecule has 0 radical (unpaired) electrons. The van der Waals surface area contributed by atoms with Crippen molar-refractivity contribution >= 4 is 29.2 Å². The number of nitrogens with one attached hydrogen (secondary N) is 2. The largest absolute Gasteiger partial charge is 0.374 e. The fraction of sp³-hybridized carbons (Fsp3) is 0.200. The van der Waals surface area contributed by atoms with Crippen LogP contribution in [0.2, 0.25) is 5.02 Å². The fourth-order valence-electron chi connectivity index (χ4n) is 1.13. The van der Waals surface area contributed by atoms with E-state index in [1.54, 1.807) is 0 Å². The van der Waals surface area contributed by atoms with Crippen molar-refractivity contribution in [2.75, 3.05) is 5.32 Å². The van der Waals surface area contributed by atoms with Gasteiger partial charge in [0.2, 0.25) is 5.91 Å². The van der Waals surface area contributed by atoms with E-state index in [1.165, 1.54) is 19.1 Å². The molecule has 5 nitrogen and oxygen atoms in total. The molecule has 1 rings (SSSR count). The summed E-state index contributed by atoms with van der Waals surface area (Å²) in [6, 6.07) is 2.35. The highest BCUT2D eigenvalue weighted by Gasteiger charge is 2.14. The van der Waals surface area contributed by atoms with E-state index in [0.717, 1.165) is 6.07 Å². The van der Waals surface area contributed by atoms with E-state index in [1.807, 2.05) is 5.32 Å². The van der Waals surface area contributed by atoms with E-state index < -0.39 is 23.8 Å². The molecule has 1 aromatic carbocycles. The Morgan fingerprint density at radius 1 is 1.47 bits per heavy atom. The Hall–Kier alpha value is -1.82. The smallest absolute Gasteiger partial charge is 0.318 e. The Balaban J connectivity index is 2.67. The van der Waals surface area contributed by atoms with E-state index >= 15 is 0 Å². The summed E-state index contributed by atoms with van der Waals surface area (Å²) in [6.07, 6.45) is 0. The van der Waals surface area contributed by atoms with E-state index in [0.29, 0.717) is 5.69 Å². The molecular formula is C10H11ClFN3O2. The molecule has 0 fully saturated rings. The zero-order valence-corrected chi connectivity index (χ0v) is 9.72. The van der Waals surface area contributed by atoms with E-state index in [9.17, 15) is 14.0 Å². The van der Waals surface area contributed by atoms with Gasteiger partial charge < -0.3 is 11.1 Å². The molecule has 4 N–H and O–H groups in total. The highest BCUT2D eigenvalue weighted by molar-refractivity contribution is 6.30. The van der Waals surface area contributed by atoms with Gasteiger partial charge in [-0.2, -0.15) is 0 Å². The molecule has 0 heterocycles. The van der Waals surface area contributed by atoms with Gasteiger partial charge in [0.1, 0.15) is 11.9 Å². The summed E-state index contributed by atoms with van der Waals surface area (Å²) in [5.74, 6) is -1.20. The number of urea groups is 1. The Kier molecular flexibility index (Phi) is 4.28. The van der Waals surface area contributed by atoms with Gasteiger partial charge in [-0.1, -0.05) is 11.6 Å². The van der Waals surface area contributed by atoms with Crippen LogP contribution in [-0.4, -0.2) is 18.0 Å². The second-order valence-electron chi connectivity index (χ2n) is 3.35. The molecule has 0 aromatic heterocycles. The van der Waals surface area contributed by atoms with Crippen LogP contribution in [0.5, 0.6) is 0 Å². The minimum Gasteiger partial charge on any atom is -0.374 e. The van der Waals surface area contributed by atoms with Crippen molar-refractivity contribution in [3.8, 4) is 0 Å². The normalized spacial score (nSPS) is 11.7. The summed E-state index contributed by atoms with van der Waals surface area (Å²) in [4.78, 5) is 21.8. The van der Waals surface area contributed by atoms with Crippen LogP contribution in [0.1, 0.15) is 6.92 Å². The van der Waals surface area contributed by atoms with Crippen LogP contribution in [0, 0.1) is 5.82 Å². The number of rotatable bonds is 3. The number of primary amides is 1. The minimum absolute atomic E-state index is 0.00945. The molecule has 0 aliphatic rings. The molecule has 7 heteroatoms. The summed E-state index contributed by atoms with van der Waals surface area (Å²) in [6.45, 7) is 1.50. The Labute approximate surface area is 102 Å². The maximum atomic E-state index is 13.1. The van der Waals surface area contributed by atoms with Gasteiger partial charge >= 0.3 is 6.03 Å². The number of anilines is 1. The molecule has 92 valence electrons. The Morgan fingerprint density at radius 2 is 2.12 bits per heavy atom. The van der Waals surface area contributed by atoms with Crippen LogP contribution in [0.4, 0.5) is 14.9 Å². The first-order valence-electron chi connectivity index (χ1n) is 4.72. The van der Waals surface area contributed by atoms with Crippen molar-refractivity contribution < 1.29 is 14.0 Å². The molecule has 17 heavy (non-hydrogen) atoms. The lowest BCUT2D eigenvalue weighted by Gasteiger charge is -2.14. The summed E-state index contributed by atoms with van der Waals surface area (Å²) < 4.78 is 13.1. The Morgan fingerprint density at radius 3 is 2.65 bits per heavy atom.